The summed E-state index contributed by atoms with van der Waals surface area (Å²) in [5, 5.41) is 18.0. The summed E-state index contributed by atoms with van der Waals surface area (Å²) in [6, 6.07) is 18.7. The van der Waals surface area contributed by atoms with Crippen molar-refractivity contribution >= 4 is 29.1 Å². The highest BCUT2D eigenvalue weighted by molar-refractivity contribution is 5.95. The van der Waals surface area contributed by atoms with Crippen LogP contribution in [0.25, 0.3) is 0 Å². The molecule has 14 heteroatoms. The molecule has 0 aromatic heterocycles. The number of aliphatic carboxylic acids is 1. The summed E-state index contributed by atoms with van der Waals surface area (Å²) in [5.74, 6) is -2.07. The molecule has 0 saturated carbocycles. The van der Waals surface area contributed by atoms with Crippen molar-refractivity contribution in [1.82, 2.24) is 5.43 Å². The average molecular weight is 642 g/mol. The minimum atomic E-state index is -5.08. The Morgan fingerprint density at radius 2 is 1.37 bits per heavy atom. The van der Waals surface area contributed by atoms with Crippen molar-refractivity contribution in [2.24, 2.45) is 5.73 Å². The van der Waals surface area contributed by atoms with Crippen molar-refractivity contribution in [2.45, 2.75) is 12.2 Å². The zero-order valence-electron chi connectivity index (χ0n) is 24.6. The number of para-hydroxylation sites is 1. The summed E-state index contributed by atoms with van der Waals surface area (Å²) in [7, 11) is 0. The summed E-state index contributed by atoms with van der Waals surface area (Å²) >= 11 is 0. The number of hydrogen-bond acceptors (Lipinski definition) is 8. The van der Waals surface area contributed by atoms with E-state index in [-0.39, 0.29) is 31.6 Å². The van der Waals surface area contributed by atoms with Crippen molar-refractivity contribution in [2.75, 3.05) is 30.6 Å². The third-order valence-electron chi connectivity index (χ3n) is 5.55. The number of hydrazine groups is 1. The lowest BCUT2D eigenvalue weighted by Crippen LogP contribution is -2.37. The first-order valence-electron chi connectivity index (χ1n) is 13.4. The van der Waals surface area contributed by atoms with Crippen LogP contribution >= 0.6 is 0 Å². The van der Waals surface area contributed by atoms with E-state index in [0.717, 1.165) is 0 Å². The number of rotatable bonds is 16. The molecule has 0 bridgehead atoms. The summed E-state index contributed by atoms with van der Waals surface area (Å²) in [6.45, 7) is 11.8. The Morgan fingerprint density at radius 3 is 1.83 bits per heavy atom. The Hall–Kier alpha value is -5.92. The Morgan fingerprint density at radius 1 is 0.870 bits per heavy atom. The predicted octanol–water partition coefficient (Wildman–Crippen LogP) is 5.59. The monoisotopic (exact) mass is 641 g/mol. The molecule has 0 radical (unpaired) electrons. The van der Waals surface area contributed by atoms with Gasteiger partial charge in [0.1, 0.15) is 31.7 Å². The fraction of sp³-hybridized carbons (Fsp3) is 0.156. The average Bonchev–Trinajstić information content (AvgIpc) is 3.03. The lowest BCUT2D eigenvalue weighted by atomic mass is 10.0. The van der Waals surface area contributed by atoms with E-state index >= 15 is 0 Å². The van der Waals surface area contributed by atoms with Gasteiger partial charge < -0.3 is 30.4 Å². The van der Waals surface area contributed by atoms with Gasteiger partial charge in [0.2, 0.25) is 5.75 Å². The molecule has 244 valence electrons. The van der Waals surface area contributed by atoms with Gasteiger partial charge in [-0.3, -0.25) is 21.1 Å². The molecule has 0 heterocycles. The summed E-state index contributed by atoms with van der Waals surface area (Å²) in [6.07, 6.45) is -0.256. The van der Waals surface area contributed by atoms with E-state index in [1.165, 1.54) is 0 Å². The molecule has 0 saturated heterocycles. The lowest BCUT2D eigenvalue weighted by Gasteiger charge is -2.23. The van der Waals surface area contributed by atoms with Gasteiger partial charge in [-0.15, -0.1) is 0 Å². The molecule has 11 nitrogen and oxygen atoms in total. The van der Waals surface area contributed by atoms with Crippen molar-refractivity contribution in [3.8, 4) is 17.2 Å². The van der Waals surface area contributed by atoms with Crippen molar-refractivity contribution in [1.29, 1.82) is 5.41 Å². The number of carbonyl (C=O) groups is 2. The van der Waals surface area contributed by atoms with E-state index in [0.29, 0.717) is 39.8 Å². The number of benzene rings is 3. The second-order valence-electron chi connectivity index (χ2n) is 9.00. The highest BCUT2D eigenvalue weighted by Gasteiger charge is 2.38. The number of halogens is 3. The molecule has 7 N–H and O–H groups in total. The molecule has 0 aliphatic rings. The number of amides is 1. The highest BCUT2D eigenvalue weighted by Crippen LogP contribution is 2.41. The number of nitrogens with two attached hydrogens (primary N) is 1. The maximum Gasteiger partial charge on any atom is 0.490 e. The molecule has 46 heavy (non-hydrogen) atoms. The van der Waals surface area contributed by atoms with E-state index in [1.54, 1.807) is 54.6 Å². The highest BCUT2D eigenvalue weighted by atomic mass is 19.4. The number of anilines is 2. The van der Waals surface area contributed by atoms with Gasteiger partial charge in [0.05, 0.1) is 5.69 Å². The number of amidine groups is 1. The number of carboxylic acids is 1. The number of ether oxygens (including phenoxy) is 3. The summed E-state index contributed by atoms with van der Waals surface area (Å²) in [4.78, 5) is 22.5. The van der Waals surface area contributed by atoms with Crippen LogP contribution in [-0.2, 0) is 9.59 Å². The number of nitrogens with one attached hydrogen (secondary N) is 4. The Bertz CT molecular complexity index is 1470. The minimum absolute atomic E-state index is 0.0500. The van der Waals surface area contributed by atoms with Crippen LogP contribution in [0.15, 0.2) is 105 Å². The first-order valence-corrected chi connectivity index (χ1v) is 13.4. The standard InChI is InChI=1S/C30H33N5O4.C2HF3O2/c1-4-16-37-25-19-22(20-26(38-17-5-2)28(25)39-18-6-3)27(30(36)35-34-24-10-8-7-9-11-24)33-23-14-12-21(13-15-23)29(31)32;3-2(4,5)1(6)7/h4-15,19-20,27,33-34H,1-3,16-18H2,(H3,31,32)(H,35,36);(H,6,7). The number of carboxylic acid groups (broad SMARTS) is 1. The van der Waals surface area contributed by atoms with Gasteiger partial charge >= 0.3 is 12.1 Å². The van der Waals surface area contributed by atoms with Crippen molar-refractivity contribution in [3.05, 3.63) is 116 Å². The van der Waals surface area contributed by atoms with Crippen LogP contribution in [0.3, 0.4) is 0 Å². The predicted molar refractivity (Wildman–Crippen MR) is 169 cm³/mol. The maximum atomic E-state index is 13.6. The minimum Gasteiger partial charge on any atom is -0.485 e. The zero-order chi connectivity index (χ0) is 34.1. The molecule has 0 aliphatic carbocycles. The number of alkyl halides is 3. The first kappa shape index (κ1) is 36.3. The number of nitrogen functional groups attached to an aromatic ring is 1. The van der Waals surface area contributed by atoms with E-state index in [1.807, 2.05) is 30.3 Å². The Kier molecular flexibility index (Phi) is 14.2. The van der Waals surface area contributed by atoms with Crippen LogP contribution in [0.4, 0.5) is 24.5 Å². The fourth-order valence-electron chi connectivity index (χ4n) is 3.50. The number of hydrogen-bond donors (Lipinski definition) is 6. The van der Waals surface area contributed by atoms with E-state index in [4.69, 9.17) is 35.3 Å². The topological polar surface area (TPSA) is 168 Å². The Balaban J connectivity index is 0.000000942. The van der Waals surface area contributed by atoms with Gasteiger partial charge in [-0.25, -0.2) is 4.79 Å². The molecule has 0 fully saturated rings. The van der Waals surface area contributed by atoms with Crippen molar-refractivity contribution < 1.29 is 42.1 Å². The molecule has 1 atom stereocenters. The summed E-state index contributed by atoms with van der Waals surface area (Å²) in [5.41, 5.74) is 13.7. The Labute approximate surface area is 263 Å². The second-order valence-corrected chi connectivity index (χ2v) is 9.00. The SMILES string of the molecule is C=CCOc1cc(C(Nc2ccc(C(=N)N)cc2)C(=O)NNc2ccccc2)cc(OCC=C)c1OCC=C.O=C(O)C(F)(F)F. The fourth-order valence-corrected chi connectivity index (χ4v) is 3.50. The molecular formula is C32H34F3N5O6. The first-order chi connectivity index (χ1) is 21.9. The van der Waals surface area contributed by atoms with Crippen LogP contribution in [0, 0.1) is 5.41 Å². The smallest absolute Gasteiger partial charge is 0.485 e. The van der Waals surface area contributed by atoms with E-state index in [2.05, 4.69) is 35.9 Å². The van der Waals surface area contributed by atoms with E-state index < -0.39 is 18.2 Å². The van der Waals surface area contributed by atoms with Gasteiger partial charge in [-0.05, 0) is 54.1 Å². The van der Waals surface area contributed by atoms with Crippen LogP contribution in [0.1, 0.15) is 17.2 Å². The van der Waals surface area contributed by atoms with E-state index in [9.17, 15) is 18.0 Å². The van der Waals surface area contributed by atoms with Crippen molar-refractivity contribution in [3.63, 3.8) is 0 Å². The van der Waals surface area contributed by atoms with Gasteiger partial charge in [-0.1, -0.05) is 56.2 Å². The van der Waals surface area contributed by atoms with Crippen LogP contribution in [0.2, 0.25) is 0 Å². The van der Waals surface area contributed by atoms with Gasteiger partial charge in [0, 0.05) is 11.3 Å². The molecule has 3 aromatic rings. The van der Waals surface area contributed by atoms with Gasteiger partial charge in [-0.2, -0.15) is 13.2 Å². The van der Waals surface area contributed by atoms with Crippen LogP contribution < -0.4 is 36.1 Å². The molecule has 1 unspecified atom stereocenters. The van der Waals surface area contributed by atoms with Crippen LogP contribution in [0.5, 0.6) is 17.2 Å². The zero-order valence-corrected chi connectivity index (χ0v) is 24.6. The maximum absolute atomic E-state index is 13.6. The molecule has 1 amide bonds. The lowest BCUT2D eigenvalue weighted by molar-refractivity contribution is -0.192. The molecule has 0 aliphatic heterocycles. The molecular weight excluding hydrogens is 607 g/mol. The quantitative estimate of drug-likeness (QED) is 0.0505. The third-order valence-corrected chi connectivity index (χ3v) is 5.55. The summed E-state index contributed by atoms with van der Waals surface area (Å²) < 4.78 is 49.4. The third kappa shape index (κ3) is 11.6. The largest absolute Gasteiger partial charge is 0.490 e. The van der Waals surface area contributed by atoms with Gasteiger partial charge in [0.15, 0.2) is 11.5 Å². The van der Waals surface area contributed by atoms with Gasteiger partial charge in [0.25, 0.3) is 5.91 Å². The molecule has 3 rings (SSSR count). The number of carbonyl (C=O) groups excluding carboxylic acids is 1. The molecule has 3 aromatic carbocycles. The van der Waals surface area contributed by atoms with Crippen LogP contribution in [-0.4, -0.2) is 48.8 Å². The normalized spacial score (nSPS) is 10.9. The molecule has 0 spiro atoms. The second kappa shape index (κ2) is 18.0.